The van der Waals surface area contributed by atoms with Crippen LogP contribution in [0.4, 0.5) is 0 Å². The summed E-state index contributed by atoms with van der Waals surface area (Å²) in [5.41, 5.74) is 0.969. The second kappa shape index (κ2) is 6.73. The van der Waals surface area contributed by atoms with E-state index in [9.17, 15) is 5.11 Å². The zero-order valence-electron chi connectivity index (χ0n) is 11.3. The third-order valence-corrected chi connectivity index (χ3v) is 4.02. The number of aliphatic hydroxyl groups excluding tert-OH is 1. The van der Waals surface area contributed by atoms with Gasteiger partial charge in [-0.25, -0.2) is 0 Å². The van der Waals surface area contributed by atoms with Crippen LogP contribution in [-0.2, 0) is 6.54 Å². The van der Waals surface area contributed by atoms with Crippen molar-refractivity contribution in [3.8, 4) is 0 Å². The van der Waals surface area contributed by atoms with Gasteiger partial charge in [0.1, 0.15) is 5.82 Å². The Morgan fingerprint density at radius 2 is 2.00 bits per heavy atom. The monoisotopic (exact) mass is 277 g/mol. The second-order valence-corrected chi connectivity index (χ2v) is 5.40. The van der Waals surface area contributed by atoms with E-state index in [0.717, 1.165) is 28.8 Å². The Labute approximate surface area is 117 Å². The summed E-state index contributed by atoms with van der Waals surface area (Å²) in [6, 6.07) is 9.76. The molecule has 1 aromatic carbocycles. The summed E-state index contributed by atoms with van der Waals surface area (Å²) < 4.78 is 2.08. The van der Waals surface area contributed by atoms with Crippen molar-refractivity contribution >= 4 is 11.8 Å². The van der Waals surface area contributed by atoms with E-state index in [2.05, 4.69) is 21.7 Å². The summed E-state index contributed by atoms with van der Waals surface area (Å²) in [5, 5.41) is 19.2. The van der Waals surface area contributed by atoms with Crippen molar-refractivity contribution < 1.29 is 5.11 Å². The lowest BCUT2D eigenvalue weighted by atomic mass is 10.1. The SMILES string of the molecule is CCn1c(C)nnc1SCCC(O)c1ccccc1. The van der Waals surface area contributed by atoms with E-state index in [-0.39, 0.29) is 0 Å². The standard InChI is InChI=1S/C14H19N3OS/c1-3-17-11(2)15-16-14(17)19-10-9-13(18)12-7-5-4-6-8-12/h4-8,13,18H,3,9-10H2,1-2H3. The predicted octanol–water partition coefficient (Wildman–Crippen LogP) is 2.82. The van der Waals surface area contributed by atoms with E-state index in [0.29, 0.717) is 6.42 Å². The normalized spacial score (nSPS) is 12.6. The van der Waals surface area contributed by atoms with Crippen LogP contribution in [0.1, 0.15) is 30.8 Å². The molecule has 0 bridgehead atoms. The largest absolute Gasteiger partial charge is 0.388 e. The van der Waals surface area contributed by atoms with Crippen molar-refractivity contribution in [2.24, 2.45) is 0 Å². The molecule has 2 aromatic rings. The Bertz CT molecular complexity index is 513. The fourth-order valence-corrected chi connectivity index (χ4v) is 2.98. The Balaban J connectivity index is 1.86. The van der Waals surface area contributed by atoms with E-state index in [1.165, 1.54) is 0 Å². The van der Waals surface area contributed by atoms with Crippen molar-refractivity contribution in [1.82, 2.24) is 14.8 Å². The maximum atomic E-state index is 10.1. The van der Waals surface area contributed by atoms with Crippen molar-refractivity contribution in [3.63, 3.8) is 0 Å². The summed E-state index contributed by atoms with van der Waals surface area (Å²) in [7, 11) is 0. The highest BCUT2D eigenvalue weighted by atomic mass is 32.2. The summed E-state index contributed by atoms with van der Waals surface area (Å²) in [6.45, 7) is 4.92. The van der Waals surface area contributed by atoms with Crippen LogP contribution in [0.5, 0.6) is 0 Å². The average Bonchev–Trinajstić information content (AvgIpc) is 2.80. The molecule has 0 fully saturated rings. The van der Waals surface area contributed by atoms with Crippen LogP contribution < -0.4 is 0 Å². The topological polar surface area (TPSA) is 50.9 Å². The lowest BCUT2D eigenvalue weighted by Gasteiger charge is -2.10. The lowest BCUT2D eigenvalue weighted by molar-refractivity contribution is 0.175. The summed E-state index contributed by atoms with van der Waals surface area (Å²) in [4.78, 5) is 0. The number of nitrogens with zero attached hydrogens (tertiary/aromatic N) is 3. The lowest BCUT2D eigenvalue weighted by Crippen LogP contribution is -2.01. The van der Waals surface area contributed by atoms with Crippen molar-refractivity contribution in [1.29, 1.82) is 0 Å². The molecule has 0 aliphatic rings. The van der Waals surface area contributed by atoms with Gasteiger partial charge in [0.15, 0.2) is 5.16 Å². The third-order valence-electron chi connectivity index (χ3n) is 3.02. The van der Waals surface area contributed by atoms with E-state index < -0.39 is 6.10 Å². The maximum Gasteiger partial charge on any atom is 0.191 e. The molecule has 102 valence electrons. The fraction of sp³-hybridized carbons (Fsp3) is 0.429. The minimum atomic E-state index is -0.409. The average molecular weight is 277 g/mol. The molecule has 0 aliphatic carbocycles. The van der Waals surface area contributed by atoms with Crippen LogP contribution in [-0.4, -0.2) is 25.6 Å². The molecule has 0 saturated heterocycles. The first-order chi connectivity index (χ1) is 9.22. The molecule has 1 atom stereocenters. The van der Waals surface area contributed by atoms with Crippen molar-refractivity contribution in [3.05, 3.63) is 41.7 Å². The van der Waals surface area contributed by atoms with Gasteiger partial charge in [0.25, 0.3) is 0 Å². The molecule has 0 saturated carbocycles. The van der Waals surface area contributed by atoms with E-state index >= 15 is 0 Å². The van der Waals surface area contributed by atoms with Crippen LogP contribution in [0.25, 0.3) is 0 Å². The van der Waals surface area contributed by atoms with Crippen LogP contribution in [0.3, 0.4) is 0 Å². The molecule has 0 aliphatic heterocycles. The van der Waals surface area contributed by atoms with Gasteiger partial charge in [0.2, 0.25) is 0 Å². The highest BCUT2D eigenvalue weighted by Crippen LogP contribution is 2.23. The third kappa shape index (κ3) is 3.58. The first kappa shape index (κ1) is 14.1. The van der Waals surface area contributed by atoms with E-state index in [4.69, 9.17) is 0 Å². The first-order valence-electron chi connectivity index (χ1n) is 6.48. The predicted molar refractivity (Wildman–Crippen MR) is 77.2 cm³/mol. The molecule has 0 spiro atoms. The summed E-state index contributed by atoms with van der Waals surface area (Å²) in [6.07, 6.45) is 0.303. The van der Waals surface area contributed by atoms with Gasteiger partial charge in [-0.2, -0.15) is 0 Å². The van der Waals surface area contributed by atoms with Gasteiger partial charge in [-0.1, -0.05) is 42.1 Å². The quantitative estimate of drug-likeness (QED) is 0.825. The molecule has 1 aromatic heterocycles. The van der Waals surface area contributed by atoms with Crippen LogP contribution >= 0.6 is 11.8 Å². The zero-order valence-corrected chi connectivity index (χ0v) is 12.1. The molecule has 0 amide bonds. The van der Waals surface area contributed by atoms with Crippen LogP contribution in [0.15, 0.2) is 35.5 Å². The molecule has 1 heterocycles. The molecule has 4 nitrogen and oxygen atoms in total. The molecule has 5 heteroatoms. The minimum Gasteiger partial charge on any atom is -0.388 e. The Kier molecular flexibility index (Phi) is 4.99. The number of aliphatic hydroxyl groups is 1. The maximum absolute atomic E-state index is 10.1. The van der Waals surface area contributed by atoms with Crippen LogP contribution in [0.2, 0.25) is 0 Å². The Morgan fingerprint density at radius 1 is 1.26 bits per heavy atom. The molecule has 1 N–H and O–H groups in total. The first-order valence-corrected chi connectivity index (χ1v) is 7.46. The molecule has 19 heavy (non-hydrogen) atoms. The number of aryl methyl sites for hydroxylation is 1. The van der Waals surface area contributed by atoms with Gasteiger partial charge in [-0.05, 0) is 25.8 Å². The van der Waals surface area contributed by atoms with Crippen molar-refractivity contribution in [2.45, 2.75) is 38.1 Å². The molecular weight excluding hydrogens is 258 g/mol. The highest BCUT2D eigenvalue weighted by Gasteiger charge is 2.10. The zero-order chi connectivity index (χ0) is 13.7. The molecule has 1 unspecified atom stereocenters. The number of rotatable bonds is 6. The number of benzene rings is 1. The van der Waals surface area contributed by atoms with Crippen molar-refractivity contribution in [2.75, 3.05) is 5.75 Å². The highest BCUT2D eigenvalue weighted by molar-refractivity contribution is 7.99. The van der Waals surface area contributed by atoms with Gasteiger partial charge in [0.05, 0.1) is 6.10 Å². The minimum absolute atomic E-state index is 0.409. The number of hydrogen-bond donors (Lipinski definition) is 1. The Hall–Kier alpha value is -1.33. The molecule has 2 rings (SSSR count). The number of aromatic nitrogens is 3. The van der Waals surface area contributed by atoms with Gasteiger partial charge < -0.3 is 9.67 Å². The van der Waals surface area contributed by atoms with Gasteiger partial charge >= 0.3 is 0 Å². The summed E-state index contributed by atoms with van der Waals surface area (Å²) >= 11 is 1.64. The second-order valence-electron chi connectivity index (χ2n) is 4.34. The van der Waals surface area contributed by atoms with Gasteiger partial charge in [-0.3, -0.25) is 0 Å². The molecule has 0 radical (unpaired) electrons. The van der Waals surface area contributed by atoms with Crippen LogP contribution in [0, 0.1) is 6.92 Å². The van der Waals surface area contributed by atoms with E-state index in [1.807, 2.05) is 37.3 Å². The summed E-state index contributed by atoms with van der Waals surface area (Å²) in [5.74, 6) is 1.77. The van der Waals surface area contributed by atoms with Gasteiger partial charge in [-0.15, -0.1) is 10.2 Å². The van der Waals surface area contributed by atoms with Gasteiger partial charge in [0, 0.05) is 12.3 Å². The fourth-order valence-electron chi connectivity index (χ4n) is 1.94. The van der Waals surface area contributed by atoms with E-state index in [1.54, 1.807) is 11.8 Å². The Morgan fingerprint density at radius 3 is 2.68 bits per heavy atom. The number of thioether (sulfide) groups is 1. The molecular formula is C14H19N3OS. The smallest absolute Gasteiger partial charge is 0.191 e. The number of hydrogen-bond acceptors (Lipinski definition) is 4.